The van der Waals surface area contributed by atoms with Gasteiger partial charge in [0.15, 0.2) is 0 Å². The summed E-state index contributed by atoms with van der Waals surface area (Å²) in [5, 5.41) is 10.4. The molecule has 0 bridgehead atoms. The molecule has 2 fully saturated rings. The predicted octanol–water partition coefficient (Wildman–Crippen LogP) is 3.28. The molecule has 5 heteroatoms. The van der Waals surface area contributed by atoms with Crippen molar-refractivity contribution in [2.24, 2.45) is 5.92 Å². The summed E-state index contributed by atoms with van der Waals surface area (Å²) in [6.07, 6.45) is 4.64. The van der Waals surface area contributed by atoms with Crippen LogP contribution >= 0.6 is 0 Å². The molecule has 2 aliphatic rings. The van der Waals surface area contributed by atoms with Gasteiger partial charge in [-0.1, -0.05) is 12.5 Å². The monoisotopic (exact) mass is 325 g/mol. The van der Waals surface area contributed by atoms with Gasteiger partial charge < -0.3 is 9.84 Å². The molecule has 3 nitrogen and oxygen atoms in total. The van der Waals surface area contributed by atoms with E-state index in [0.717, 1.165) is 51.5 Å². The Morgan fingerprint density at radius 2 is 1.96 bits per heavy atom. The van der Waals surface area contributed by atoms with Gasteiger partial charge in [-0.05, 0) is 44.2 Å². The first kappa shape index (κ1) is 16.8. The summed E-state index contributed by atoms with van der Waals surface area (Å²) in [4.78, 5) is 2.30. The van der Waals surface area contributed by atoms with Crippen LogP contribution in [0.5, 0.6) is 0 Å². The number of β-amino-alcohol motifs (C(OH)–C–C–N with tert-alkyl or cyclic N) is 1. The highest BCUT2D eigenvalue weighted by Crippen LogP contribution is 2.31. The molecule has 2 saturated heterocycles. The molecule has 0 saturated carbocycles. The molecule has 2 unspecified atom stereocenters. The van der Waals surface area contributed by atoms with Gasteiger partial charge in [-0.15, -0.1) is 0 Å². The third kappa shape index (κ3) is 4.08. The number of hydrogen-bond donors (Lipinski definition) is 1. The summed E-state index contributed by atoms with van der Waals surface area (Å²) in [7, 11) is 0. The molecule has 0 radical (unpaired) electrons. The van der Waals surface area contributed by atoms with Crippen molar-refractivity contribution in [1.29, 1.82) is 0 Å². The average molecular weight is 325 g/mol. The van der Waals surface area contributed by atoms with Gasteiger partial charge in [0, 0.05) is 37.4 Å². The smallest absolute Gasteiger partial charge is 0.131 e. The minimum Gasteiger partial charge on any atom is -0.387 e. The number of rotatable bonds is 4. The fourth-order valence-corrected chi connectivity index (χ4v) is 3.97. The maximum Gasteiger partial charge on any atom is 0.131 e. The molecule has 2 heterocycles. The van der Waals surface area contributed by atoms with E-state index in [1.165, 1.54) is 18.6 Å². The lowest BCUT2D eigenvalue weighted by atomic mass is 9.85. The molecule has 1 aromatic carbocycles. The number of hydrogen-bond acceptors (Lipinski definition) is 3. The van der Waals surface area contributed by atoms with Crippen molar-refractivity contribution in [2.75, 3.05) is 26.3 Å². The molecule has 0 aromatic heterocycles. The molecule has 23 heavy (non-hydrogen) atoms. The Morgan fingerprint density at radius 3 is 2.70 bits per heavy atom. The van der Waals surface area contributed by atoms with Crippen LogP contribution in [0.15, 0.2) is 18.2 Å². The van der Waals surface area contributed by atoms with Crippen molar-refractivity contribution in [2.45, 2.75) is 44.2 Å². The zero-order valence-electron chi connectivity index (χ0n) is 13.4. The highest BCUT2D eigenvalue weighted by molar-refractivity contribution is 5.21. The first-order chi connectivity index (χ1) is 11.1. The van der Waals surface area contributed by atoms with Crippen molar-refractivity contribution in [3.8, 4) is 0 Å². The van der Waals surface area contributed by atoms with E-state index in [4.69, 9.17) is 4.74 Å². The first-order valence-electron chi connectivity index (χ1n) is 8.60. The normalized spacial score (nSPS) is 25.4. The number of ether oxygens (including phenoxy) is 1. The number of nitrogens with zero attached hydrogens (tertiary/aromatic N) is 1. The van der Waals surface area contributed by atoms with E-state index in [2.05, 4.69) is 4.90 Å². The molecular weight excluding hydrogens is 300 g/mol. The van der Waals surface area contributed by atoms with Crippen LogP contribution in [-0.4, -0.2) is 42.4 Å². The Hall–Kier alpha value is -1.04. The van der Waals surface area contributed by atoms with Gasteiger partial charge in [-0.25, -0.2) is 8.78 Å². The van der Waals surface area contributed by atoms with E-state index in [1.54, 1.807) is 0 Å². The van der Waals surface area contributed by atoms with Gasteiger partial charge in [0.25, 0.3) is 0 Å². The van der Waals surface area contributed by atoms with Gasteiger partial charge >= 0.3 is 0 Å². The zero-order chi connectivity index (χ0) is 16.2. The van der Waals surface area contributed by atoms with Crippen molar-refractivity contribution < 1.29 is 18.6 Å². The van der Waals surface area contributed by atoms with Crippen LogP contribution in [0.2, 0.25) is 0 Å². The second-order valence-electron chi connectivity index (χ2n) is 6.69. The van der Waals surface area contributed by atoms with Crippen LogP contribution in [0.3, 0.4) is 0 Å². The van der Waals surface area contributed by atoms with E-state index in [9.17, 15) is 13.9 Å². The van der Waals surface area contributed by atoms with Crippen molar-refractivity contribution in [3.05, 3.63) is 35.4 Å². The van der Waals surface area contributed by atoms with Gasteiger partial charge in [-0.3, -0.25) is 4.90 Å². The highest BCUT2D eigenvalue weighted by atomic mass is 19.1. The molecule has 0 aliphatic carbocycles. The second-order valence-corrected chi connectivity index (χ2v) is 6.69. The molecule has 1 aromatic rings. The fourth-order valence-electron chi connectivity index (χ4n) is 3.97. The maximum atomic E-state index is 13.9. The number of halogens is 2. The molecule has 1 N–H and O–H groups in total. The Bertz CT molecular complexity index is 520. The SMILES string of the molecule is OC(CN1CCCCC1C1CCOCC1)c1ccc(F)cc1F. The van der Waals surface area contributed by atoms with Crippen LogP contribution in [0.4, 0.5) is 8.78 Å². The summed E-state index contributed by atoms with van der Waals surface area (Å²) in [6.45, 7) is 2.96. The van der Waals surface area contributed by atoms with E-state index in [-0.39, 0.29) is 5.56 Å². The summed E-state index contributed by atoms with van der Waals surface area (Å²) in [6, 6.07) is 3.83. The average Bonchev–Trinajstić information content (AvgIpc) is 2.56. The highest BCUT2D eigenvalue weighted by Gasteiger charge is 2.32. The minimum atomic E-state index is -0.920. The maximum absolute atomic E-state index is 13.9. The van der Waals surface area contributed by atoms with Crippen molar-refractivity contribution >= 4 is 0 Å². The summed E-state index contributed by atoms with van der Waals surface area (Å²) >= 11 is 0. The van der Waals surface area contributed by atoms with Gasteiger partial charge in [-0.2, -0.15) is 0 Å². The van der Waals surface area contributed by atoms with Crippen LogP contribution < -0.4 is 0 Å². The summed E-state index contributed by atoms with van der Waals surface area (Å²) < 4.78 is 32.4. The first-order valence-corrected chi connectivity index (χ1v) is 8.60. The standard InChI is InChI=1S/C18H25F2NO2/c19-14-4-5-15(16(20)11-14)18(22)12-21-8-2-1-3-17(21)13-6-9-23-10-7-13/h4-5,11,13,17-18,22H,1-3,6-10,12H2. The Morgan fingerprint density at radius 1 is 1.17 bits per heavy atom. The lowest BCUT2D eigenvalue weighted by Gasteiger charge is -2.42. The quantitative estimate of drug-likeness (QED) is 0.922. The largest absolute Gasteiger partial charge is 0.387 e. The lowest BCUT2D eigenvalue weighted by Crippen LogP contribution is -2.47. The van der Waals surface area contributed by atoms with Crippen molar-refractivity contribution in [1.82, 2.24) is 4.90 Å². The third-order valence-electron chi connectivity index (χ3n) is 5.20. The van der Waals surface area contributed by atoms with Gasteiger partial charge in [0.2, 0.25) is 0 Å². The van der Waals surface area contributed by atoms with E-state index in [0.29, 0.717) is 18.5 Å². The molecular formula is C18H25F2NO2. The molecule has 2 aliphatic heterocycles. The Kier molecular flexibility index (Phi) is 5.62. The third-order valence-corrected chi connectivity index (χ3v) is 5.20. The van der Waals surface area contributed by atoms with Crippen LogP contribution in [0.1, 0.15) is 43.8 Å². The number of piperidine rings is 1. The topological polar surface area (TPSA) is 32.7 Å². The number of benzene rings is 1. The van der Waals surface area contributed by atoms with Crippen LogP contribution in [0, 0.1) is 17.6 Å². The van der Waals surface area contributed by atoms with E-state index in [1.807, 2.05) is 0 Å². The molecule has 3 rings (SSSR count). The fraction of sp³-hybridized carbons (Fsp3) is 0.667. The van der Waals surface area contributed by atoms with Crippen molar-refractivity contribution in [3.63, 3.8) is 0 Å². The summed E-state index contributed by atoms with van der Waals surface area (Å²) in [5.41, 5.74) is 0.183. The number of likely N-dealkylation sites (tertiary alicyclic amines) is 1. The summed E-state index contributed by atoms with van der Waals surface area (Å²) in [5.74, 6) is -0.692. The van der Waals surface area contributed by atoms with E-state index >= 15 is 0 Å². The molecule has 2 atom stereocenters. The predicted molar refractivity (Wildman–Crippen MR) is 84.1 cm³/mol. The lowest BCUT2D eigenvalue weighted by molar-refractivity contribution is -0.00426. The second kappa shape index (κ2) is 7.69. The minimum absolute atomic E-state index is 0.183. The van der Waals surface area contributed by atoms with E-state index < -0.39 is 17.7 Å². The Balaban J connectivity index is 1.68. The molecule has 0 amide bonds. The van der Waals surface area contributed by atoms with Crippen LogP contribution in [-0.2, 0) is 4.74 Å². The molecule has 0 spiro atoms. The van der Waals surface area contributed by atoms with Gasteiger partial charge in [0.1, 0.15) is 11.6 Å². The Labute approximate surface area is 136 Å². The van der Waals surface area contributed by atoms with Gasteiger partial charge in [0.05, 0.1) is 6.10 Å². The molecule has 128 valence electrons. The van der Waals surface area contributed by atoms with Crippen LogP contribution in [0.25, 0.3) is 0 Å². The number of aliphatic hydroxyl groups excluding tert-OH is 1. The zero-order valence-corrected chi connectivity index (χ0v) is 13.4. The number of aliphatic hydroxyl groups is 1.